The number of benzene rings is 2. The molecule has 0 heterocycles. The Bertz CT molecular complexity index is 792. The van der Waals surface area contributed by atoms with Crippen molar-refractivity contribution < 1.29 is 14.3 Å². The number of hydrogen-bond donors (Lipinski definition) is 1. The third kappa shape index (κ3) is 5.58. The number of nitrogens with one attached hydrogen (secondary N) is 1. The second-order valence-corrected chi connectivity index (χ2v) is 7.38. The summed E-state index contributed by atoms with van der Waals surface area (Å²) in [7, 11) is 0. The van der Waals surface area contributed by atoms with Crippen LogP contribution >= 0.6 is 0 Å². The minimum Gasteiger partial charge on any atom is -0.492 e. The molecule has 0 fully saturated rings. The summed E-state index contributed by atoms with van der Waals surface area (Å²) in [4.78, 5) is 26.1. The van der Waals surface area contributed by atoms with Crippen molar-refractivity contribution in [1.29, 1.82) is 0 Å². The number of para-hydroxylation sites is 2. The second-order valence-electron chi connectivity index (χ2n) is 7.38. The average Bonchev–Trinajstić information content (AvgIpc) is 2.61. The van der Waals surface area contributed by atoms with E-state index >= 15 is 0 Å². The summed E-state index contributed by atoms with van der Waals surface area (Å²) in [5.74, 6) is 0.140. The van der Waals surface area contributed by atoms with Crippen LogP contribution < -0.4 is 15.0 Å². The Labute approximate surface area is 161 Å². The highest BCUT2D eigenvalue weighted by Crippen LogP contribution is 2.26. The van der Waals surface area contributed by atoms with Crippen molar-refractivity contribution in [3.63, 3.8) is 0 Å². The first-order chi connectivity index (χ1) is 12.7. The van der Waals surface area contributed by atoms with Gasteiger partial charge in [0.2, 0.25) is 11.8 Å². The highest BCUT2D eigenvalue weighted by molar-refractivity contribution is 6.02. The van der Waals surface area contributed by atoms with Crippen LogP contribution in [0.25, 0.3) is 0 Å². The summed E-state index contributed by atoms with van der Waals surface area (Å²) < 4.78 is 5.52. The van der Waals surface area contributed by atoms with Gasteiger partial charge in [-0.1, -0.05) is 45.0 Å². The number of hydrogen-bond acceptors (Lipinski definition) is 3. The SMILES string of the molecule is CCOc1ccccc1NC(=O)CN(C(C)=O)c1ccc(C(C)(C)C)cc1. The summed E-state index contributed by atoms with van der Waals surface area (Å²) in [6.45, 7) is 10.2. The van der Waals surface area contributed by atoms with Crippen LogP contribution in [0, 0.1) is 0 Å². The van der Waals surface area contributed by atoms with Crippen molar-refractivity contribution in [2.24, 2.45) is 0 Å². The summed E-state index contributed by atoms with van der Waals surface area (Å²) in [6, 6.07) is 15.0. The predicted molar refractivity (Wildman–Crippen MR) is 109 cm³/mol. The minimum atomic E-state index is -0.280. The lowest BCUT2D eigenvalue weighted by Crippen LogP contribution is -2.36. The van der Waals surface area contributed by atoms with Gasteiger partial charge < -0.3 is 15.0 Å². The molecule has 0 radical (unpaired) electrons. The Morgan fingerprint density at radius 1 is 1.04 bits per heavy atom. The quantitative estimate of drug-likeness (QED) is 0.823. The molecule has 0 atom stereocenters. The monoisotopic (exact) mass is 368 g/mol. The van der Waals surface area contributed by atoms with Crippen molar-refractivity contribution in [2.45, 2.75) is 40.0 Å². The summed E-state index contributed by atoms with van der Waals surface area (Å²) in [5, 5.41) is 2.83. The molecule has 0 spiro atoms. The number of ether oxygens (including phenoxy) is 1. The number of nitrogens with zero attached hydrogens (tertiary/aromatic N) is 1. The van der Waals surface area contributed by atoms with Crippen LogP contribution in [-0.2, 0) is 15.0 Å². The molecule has 144 valence electrons. The number of amides is 2. The molecule has 0 aliphatic heterocycles. The molecule has 0 bridgehead atoms. The zero-order chi connectivity index (χ0) is 20.0. The molecule has 0 saturated heterocycles. The van der Waals surface area contributed by atoms with E-state index in [2.05, 4.69) is 26.1 Å². The first-order valence-electron chi connectivity index (χ1n) is 9.12. The van der Waals surface area contributed by atoms with Gasteiger partial charge in [-0.25, -0.2) is 0 Å². The third-order valence-electron chi connectivity index (χ3n) is 4.19. The van der Waals surface area contributed by atoms with E-state index in [1.165, 1.54) is 17.4 Å². The zero-order valence-electron chi connectivity index (χ0n) is 16.7. The Morgan fingerprint density at radius 3 is 2.22 bits per heavy atom. The Balaban J connectivity index is 2.14. The lowest BCUT2D eigenvalue weighted by Gasteiger charge is -2.23. The first-order valence-corrected chi connectivity index (χ1v) is 9.12. The molecule has 5 nitrogen and oxygen atoms in total. The van der Waals surface area contributed by atoms with E-state index < -0.39 is 0 Å². The third-order valence-corrected chi connectivity index (χ3v) is 4.19. The second kappa shape index (κ2) is 8.71. The van der Waals surface area contributed by atoms with E-state index in [1.807, 2.05) is 43.3 Å². The maximum atomic E-state index is 12.5. The molecule has 27 heavy (non-hydrogen) atoms. The lowest BCUT2D eigenvalue weighted by atomic mass is 9.87. The number of carbonyl (C=O) groups excluding carboxylic acids is 2. The number of anilines is 2. The minimum absolute atomic E-state index is 0.0277. The first kappa shape index (κ1) is 20.5. The van der Waals surface area contributed by atoms with Crippen LogP contribution in [0.1, 0.15) is 40.2 Å². The zero-order valence-corrected chi connectivity index (χ0v) is 16.7. The molecule has 2 rings (SSSR count). The molecule has 0 unspecified atom stereocenters. The van der Waals surface area contributed by atoms with Gasteiger partial charge in [-0.3, -0.25) is 9.59 Å². The van der Waals surface area contributed by atoms with Crippen molar-refractivity contribution in [1.82, 2.24) is 0 Å². The van der Waals surface area contributed by atoms with Crippen molar-refractivity contribution in [2.75, 3.05) is 23.4 Å². The summed E-state index contributed by atoms with van der Waals surface area (Å²) >= 11 is 0. The fourth-order valence-electron chi connectivity index (χ4n) is 2.71. The van der Waals surface area contributed by atoms with Gasteiger partial charge in [-0.05, 0) is 42.2 Å². The molecule has 0 aliphatic carbocycles. The molecule has 1 N–H and O–H groups in total. The van der Waals surface area contributed by atoms with Gasteiger partial charge >= 0.3 is 0 Å². The van der Waals surface area contributed by atoms with E-state index in [1.54, 1.807) is 12.1 Å². The average molecular weight is 368 g/mol. The highest BCUT2D eigenvalue weighted by Gasteiger charge is 2.19. The number of rotatable bonds is 6. The van der Waals surface area contributed by atoms with E-state index in [9.17, 15) is 9.59 Å². The van der Waals surface area contributed by atoms with E-state index in [-0.39, 0.29) is 23.8 Å². The van der Waals surface area contributed by atoms with Gasteiger partial charge in [0.05, 0.1) is 12.3 Å². The molecular weight excluding hydrogens is 340 g/mol. The standard InChI is InChI=1S/C22H28N2O3/c1-6-27-20-10-8-7-9-19(20)23-21(26)15-24(16(2)25)18-13-11-17(12-14-18)22(3,4)5/h7-14H,6,15H2,1-5H3,(H,23,26). The topological polar surface area (TPSA) is 58.6 Å². The van der Waals surface area contributed by atoms with Gasteiger partial charge in [0.15, 0.2) is 0 Å². The summed E-state index contributed by atoms with van der Waals surface area (Å²) in [5.41, 5.74) is 2.49. The maximum Gasteiger partial charge on any atom is 0.244 e. The van der Waals surface area contributed by atoms with Crippen LogP contribution in [0.2, 0.25) is 0 Å². The molecule has 2 aromatic carbocycles. The predicted octanol–water partition coefficient (Wildman–Crippen LogP) is 4.37. The largest absolute Gasteiger partial charge is 0.492 e. The van der Waals surface area contributed by atoms with Crippen LogP contribution in [0.3, 0.4) is 0 Å². The van der Waals surface area contributed by atoms with Gasteiger partial charge in [0, 0.05) is 12.6 Å². The van der Waals surface area contributed by atoms with Crippen molar-refractivity contribution >= 4 is 23.2 Å². The Morgan fingerprint density at radius 2 is 1.67 bits per heavy atom. The van der Waals surface area contributed by atoms with Crippen LogP contribution in [0.15, 0.2) is 48.5 Å². The van der Waals surface area contributed by atoms with E-state index in [0.717, 1.165) is 0 Å². The molecule has 5 heteroatoms. The maximum absolute atomic E-state index is 12.5. The van der Waals surface area contributed by atoms with Crippen molar-refractivity contribution in [3.05, 3.63) is 54.1 Å². The molecule has 0 aliphatic rings. The number of carbonyl (C=O) groups is 2. The van der Waals surface area contributed by atoms with Crippen LogP contribution in [0.4, 0.5) is 11.4 Å². The van der Waals surface area contributed by atoms with Crippen LogP contribution in [-0.4, -0.2) is 25.0 Å². The van der Waals surface area contributed by atoms with Gasteiger partial charge in [0.25, 0.3) is 0 Å². The fraction of sp³-hybridized carbons (Fsp3) is 0.364. The molecule has 2 aromatic rings. The molecular formula is C22H28N2O3. The van der Waals surface area contributed by atoms with Crippen molar-refractivity contribution in [3.8, 4) is 5.75 Å². The van der Waals surface area contributed by atoms with Gasteiger partial charge in [0.1, 0.15) is 12.3 Å². The summed E-state index contributed by atoms with van der Waals surface area (Å²) in [6.07, 6.45) is 0. The normalized spacial score (nSPS) is 11.0. The smallest absolute Gasteiger partial charge is 0.244 e. The fourth-order valence-corrected chi connectivity index (χ4v) is 2.71. The highest BCUT2D eigenvalue weighted by atomic mass is 16.5. The Kier molecular flexibility index (Phi) is 6.61. The molecule has 2 amide bonds. The molecule has 0 saturated carbocycles. The van der Waals surface area contributed by atoms with Crippen LogP contribution in [0.5, 0.6) is 5.75 Å². The lowest BCUT2D eigenvalue weighted by molar-refractivity contribution is -0.120. The Hall–Kier alpha value is -2.82. The van der Waals surface area contributed by atoms with E-state index in [0.29, 0.717) is 23.7 Å². The molecule has 0 aromatic heterocycles. The van der Waals surface area contributed by atoms with E-state index in [4.69, 9.17) is 4.74 Å². The van der Waals surface area contributed by atoms with Gasteiger partial charge in [-0.2, -0.15) is 0 Å². The van der Waals surface area contributed by atoms with Gasteiger partial charge in [-0.15, -0.1) is 0 Å².